The minimum Gasteiger partial charge on any atom is -0.462 e. The van der Waals surface area contributed by atoms with Crippen LogP contribution in [-0.4, -0.2) is 40.6 Å². The quantitative estimate of drug-likeness (QED) is 0.809. The van der Waals surface area contributed by atoms with Crippen LogP contribution in [0.4, 0.5) is 5.82 Å². The summed E-state index contributed by atoms with van der Waals surface area (Å²) in [7, 11) is 0. The molecule has 3 heterocycles. The van der Waals surface area contributed by atoms with Crippen molar-refractivity contribution in [2.24, 2.45) is 0 Å². The molecule has 3 rings (SSSR count). The molecule has 0 aliphatic carbocycles. The number of hydrogen-bond acceptors (Lipinski definition) is 6. The van der Waals surface area contributed by atoms with E-state index in [1.165, 1.54) is 6.42 Å². The third kappa shape index (κ3) is 3.47. The van der Waals surface area contributed by atoms with Gasteiger partial charge in [0.05, 0.1) is 6.61 Å². The van der Waals surface area contributed by atoms with E-state index in [1.807, 2.05) is 12.1 Å². The summed E-state index contributed by atoms with van der Waals surface area (Å²) in [6.45, 7) is 3.94. The number of anilines is 1. The standard InChI is InChI=1S/C17H20N4O2/c1-2-23-17(22)14-12-19-15(13-6-8-18-9-7-13)20-16(14)21-10-4-3-5-11-21/h6-9,12H,2-5,10-11H2,1H3. The number of nitrogens with zero attached hydrogens (tertiary/aromatic N) is 4. The maximum absolute atomic E-state index is 12.2. The predicted molar refractivity (Wildman–Crippen MR) is 87.3 cm³/mol. The number of carbonyl (C=O) groups excluding carboxylic acids is 1. The number of pyridine rings is 1. The molecule has 23 heavy (non-hydrogen) atoms. The topological polar surface area (TPSA) is 68.2 Å². The maximum Gasteiger partial charge on any atom is 0.343 e. The first kappa shape index (κ1) is 15.4. The van der Waals surface area contributed by atoms with E-state index in [-0.39, 0.29) is 5.97 Å². The van der Waals surface area contributed by atoms with Crippen molar-refractivity contribution in [1.29, 1.82) is 0 Å². The van der Waals surface area contributed by atoms with Gasteiger partial charge in [0.15, 0.2) is 5.82 Å². The van der Waals surface area contributed by atoms with Crippen molar-refractivity contribution in [3.63, 3.8) is 0 Å². The van der Waals surface area contributed by atoms with Gasteiger partial charge >= 0.3 is 5.97 Å². The van der Waals surface area contributed by atoms with Crippen molar-refractivity contribution in [3.8, 4) is 11.4 Å². The SMILES string of the molecule is CCOC(=O)c1cnc(-c2ccncc2)nc1N1CCCCC1. The smallest absolute Gasteiger partial charge is 0.343 e. The van der Waals surface area contributed by atoms with E-state index in [1.54, 1.807) is 25.5 Å². The van der Waals surface area contributed by atoms with Gasteiger partial charge in [0.1, 0.15) is 11.4 Å². The summed E-state index contributed by atoms with van der Waals surface area (Å²) in [5.74, 6) is 0.903. The average Bonchev–Trinajstić information content (AvgIpc) is 2.63. The lowest BCUT2D eigenvalue weighted by Crippen LogP contribution is -2.32. The monoisotopic (exact) mass is 312 g/mol. The molecule has 1 aliphatic rings. The van der Waals surface area contributed by atoms with Gasteiger partial charge in [0.2, 0.25) is 0 Å². The molecule has 2 aromatic heterocycles. The largest absolute Gasteiger partial charge is 0.462 e. The van der Waals surface area contributed by atoms with Crippen molar-refractivity contribution >= 4 is 11.8 Å². The number of esters is 1. The maximum atomic E-state index is 12.2. The fraction of sp³-hybridized carbons (Fsp3) is 0.412. The van der Waals surface area contributed by atoms with Gasteiger partial charge in [-0.3, -0.25) is 4.98 Å². The predicted octanol–water partition coefficient (Wildman–Crippen LogP) is 2.71. The second-order valence-corrected chi connectivity index (χ2v) is 5.43. The first-order valence-electron chi connectivity index (χ1n) is 7.99. The van der Waals surface area contributed by atoms with E-state index >= 15 is 0 Å². The molecule has 1 fully saturated rings. The summed E-state index contributed by atoms with van der Waals surface area (Å²) in [4.78, 5) is 27.4. The highest BCUT2D eigenvalue weighted by molar-refractivity contribution is 5.94. The van der Waals surface area contributed by atoms with Gasteiger partial charge < -0.3 is 9.64 Å². The highest BCUT2D eigenvalue weighted by atomic mass is 16.5. The van der Waals surface area contributed by atoms with E-state index in [9.17, 15) is 4.79 Å². The minimum atomic E-state index is -0.366. The van der Waals surface area contributed by atoms with Crippen LogP contribution in [0.3, 0.4) is 0 Å². The van der Waals surface area contributed by atoms with Crippen molar-refractivity contribution in [3.05, 3.63) is 36.3 Å². The lowest BCUT2D eigenvalue weighted by Gasteiger charge is -2.29. The average molecular weight is 312 g/mol. The van der Waals surface area contributed by atoms with Crippen molar-refractivity contribution in [2.45, 2.75) is 26.2 Å². The highest BCUT2D eigenvalue weighted by Crippen LogP contribution is 2.25. The molecule has 6 heteroatoms. The Hall–Kier alpha value is -2.50. The number of hydrogen-bond donors (Lipinski definition) is 0. The number of carbonyl (C=O) groups is 1. The number of piperidine rings is 1. The summed E-state index contributed by atoms with van der Waals surface area (Å²) < 4.78 is 5.15. The molecule has 0 amide bonds. The number of rotatable bonds is 4. The minimum absolute atomic E-state index is 0.338. The molecule has 0 saturated carbocycles. The normalized spacial score (nSPS) is 14.6. The zero-order valence-electron chi connectivity index (χ0n) is 13.2. The molecule has 0 radical (unpaired) electrons. The van der Waals surface area contributed by atoms with Crippen molar-refractivity contribution < 1.29 is 9.53 Å². The van der Waals surface area contributed by atoms with Crippen LogP contribution in [0.1, 0.15) is 36.5 Å². The van der Waals surface area contributed by atoms with Crippen LogP contribution in [0, 0.1) is 0 Å². The summed E-state index contributed by atoms with van der Waals surface area (Å²) in [6.07, 6.45) is 8.42. The summed E-state index contributed by atoms with van der Waals surface area (Å²) in [5, 5.41) is 0. The number of ether oxygens (including phenoxy) is 1. The Morgan fingerprint density at radius 3 is 2.65 bits per heavy atom. The Balaban J connectivity index is 2.01. The third-order valence-electron chi connectivity index (χ3n) is 3.86. The van der Waals surface area contributed by atoms with Crippen molar-refractivity contribution in [2.75, 3.05) is 24.6 Å². The first-order chi connectivity index (χ1) is 11.3. The second kappa shape index (κ2) is 7.17. The Kier molecular flexibility index (Phi) is 4.80. The number of aromatic nitrogens is 3. The molecule has 1 saturated heterocycles. The van der Waals surface area contributed by atoms with Gasteiger partial charge in [0.25, 0.3) is 0 Å². The second-order valence-electron chi connectivity index (χ2n) is 5.43. The fourth-order valence-electron chi connectivity index (χ4n) is 2.71. The van der Waals surface area contributed by atoms with Crippen LogP contribution in [0.15, 0.2) is 30.7 Å². The molecule has 0 unspecified atom stereocenters. The van der Waals surface area contributed by atoms with Gasteiger partial charge in [0, 0.05) is 37.2 Å². The zero-order valence-corrected chi connectivity index (χ0v) is 13.2. The lowest BCUT2D eigenvalue weighted by molar-refractivity contribution is 0.0526. The highest BCUT2D eigenvalue weighted by Gasteiger charge is 2.22. The van der Waals surface area contributed by atoms with Gasteiger partial charge in [-0.25, -0.2) is 14.8 Å². The zero-order chi connectivity index (χ0) is 16.1. The summed E-state index contributed by atoms with van der Waals surface area (Å²) in [6, 6.07) is 3.72. The lowest BCUT2D eigenvalue weighted by atomic mass is 10.1. The molecule has 0 bridgehead atoms. The molecule has 0 atom stereocenters. The molecule has 0 spiro atoms. The van der Waals surface area contributed by atoms with Crippen LogP contribution in [0.25, 0.3) is 11.4 Å². The molecular formula is C17H20N4O2. The van der Waals surface area contributed by atoms with E-state index < -0.39 is 0 Å². The molecule has 2 aromatic rings. The van der Waals surface area contributed by atoms with Crippen LogP contribution in [0.2, 0.25) is 0 Å². The third-order valence-corrected chi connectivity index (χ3v) is 3.86. The van der Waals surface area contributed by atoms with E-state index in [2.05, 4.69) is 19.9 Å². The Labute approximate surface area is 135 Å². The molecule has 120 valence electrons. The molecule has 0 aromatic carbocycles. The fourth-order valence-corrected chi connectivity index (χ4v) is 2.71. The van der Waals surface area contributed by atoms with E-state index in [0.717, 1.165) is 31.5 Å². The van der Waals surface area contributed by atoms with Crippen LogP contribution in [-0.2, 0) is 4.74 Å². The molecule has 6 nitrogen and oxygen atoms in total. The Morgan fingerprint density at radius 1 is 1.22 bits per heavy atom. The first-order valence-corrected chi connectivity index (χ1v) is 7.99. The molecular weight excluding hydrogens is 292 g/mol. The van der Waals surface area contributed by atoms with E-state index in [0.29, 0.717) is 23.8 Å². The molecule has 1 aliphatic heterocycles. The van der Waals surface area contributed by atoms with Crippen LogP contribution in [0.5, 0.6) is 0 Å². The van der Waals surface area contributed by atoms with Gasteiger partial charge in [-0.1, -0.05) is 0 Å². The Bertz CT molecular complexity index is 670. The Morgan fingerprint density at radius 2 is 1.96 bits per heavy atom. The summed E-state index contributed by atoms with van der Waals surface area (Å²) in [5.41, 5.74) is 1.32. The van der Waals surface area contributed by atoms with Gasteiger partial charge in [-0.15, -0.1) is 0 Å². The molecule has 0 N–H and O–H groups in total. The van der Waals surface area contributed by atoms with Crippen molar-refractivity contribution in [1.82, 2.24) is 15.0 Å². The summed E-state index contributed by atoms with van der Waals surface area (Å²) >= 11 is 0. The van der Waals surface area contributed by atoms with Gasteiger partial charge in [-0.2, -0.15) is 0 Å². The van der Waals surface area contributed by atoms with E-state index in [4.69, 9.17) is 4.74 Å². The van der Waals surface area contributed by atoms with Crippen LogP contribution < -0.4 is 4.90 Å². The van der Waals surface area contributed by atoms with Crippen LogP contribution >= 0.6 is 0 Å². The van der Waals surface area contributed by atoms with Gasteiger partial charge in [-0.05, 0) is 38.3 Å².